The molecule has 3 amide bonds. The van der Waals surface area contributed by atoms with Gasteiger partial charge in [0.05, 0.1) is 6.04 Å². The summed E-state index contributed by atoms with van der Waals surface area (Å²) in [6.45, 7) is 5.89. The van der Waals surface area contributed by atoms with Gasteiger partial charge in [-0.2, -0.15) is 0 Å². The maximum Gasteiger partial charge on any atom is 0.243 e. The van der Waals surface area contributed by atoms with Crippen LogP contribution in [0.1, 0.15) is 38.3 Å². The van der Waals surface area contributed by atoms with Crippen molar-refractivity contribution in [3.8, 4) is 0 Å². The highest BCUT2D eigenvalue weighted by atomic mass is 127. The summed E-state index contributed by atoms with van der Waals surface area (Å²) in [5.41, 5.74) is 7.81. The summed E-state index contributed by atoms with van der Waals surface area (Å²) in [6, 6.07) is 15.0. The summed E-state index contributed by atoms with van der Waals surface area (Å²) >= 11 is 2.22. The zero-order valence-electron chi connectivity index (χ0n) is 19.3. The highest BCUT2D eigenvalue weighted by Crippen LogP contribution is 2.09. The van der Waals surface area contributed by atoms with Crippen LogP contribution in [0.15, 0.2) is 54.6 Å². The van der Waals surface area contributed by atoms with Crippen molar-refractivity contribution in [2.45, 2.75) is 58.3 Å². The lowest BCUT2D eigenvalue weighted by Crippen LogP contribution is -2.55. The molecule has 2 aromatic rings. The molecule has 7 nitrogen and oxygen atoms in total. The Hall–Kier alpha value is -2.46. The Labute approximate surface area is 209 Å². The van der Waals surface area contributed by atoms with E-state index in [0.29, 0.717) is 19.4 Å². The van der Waals surface area contributed by atoms with Crippen molar-refractivity contribution < 1.29 is 14.4 Å². The van der Waals surface area contributed by atoms with Crippen molar-refractivity contribution in [1.82, 2.24) is 16.0 Å². The largest absolute Gasteiger partial charge is 0.350 e. The molecule has 0 aromatic heterocycles. The second-order valence-electron chi connectivity index (χ2n) is 8.56. The number of halogens is 1. The predicted octanol–water partition coefficient (Wildman–Crippen LogP) is 2.51. The van der Waals surface area contributed by atoms with E-state index in [1.54, 1.807) is 6.92 Å². The topological polar surface area (TPSA) is 113 Å². The van der Waals surface area contributed by atoms with Gasteiger partial charge < -0.3 is 21.7 Å². The van der Waals surface area contributed by atoms with E-state index in [1.165, 1.54) is 0 Å². The summed E-state index contributed by atoms with van der Waals surface area (Å²) in [5.74, 6) is -0.845. The van der Waals surface area contributed by atoms with E-state index in [2.05, 4.69) is 38.5 Å². The standard InChI is InChI=1S/C25H33IN4O3/c1-16(2)12-21(27)24(32)29-17(3)23(31)30-22(14-18-8-5-4-6-9-18)25(33)28-15-19-10-7-11-20(26)13-19/h4-11,13,16-17,21-22H,12,14-15,27H2,1-3H3,(H,28,33)(H,29,32)(H,30,31)/t17-,21+,22+/m1/s1. The van der Waals surface area contributed by atoms with Crippen LogP contribution in [0.25, 0.3) is 0 Å². The number of carbonyl (C=O) groups excluding carboxylic acids is 3. The molecule has 0 aliphatic carbocycles. The molecular weight excluding hydrogens is 531 g/mol. The zero-order valence-corrected chi connectivity index (χ0v) is 21.5. The maximum absolute atomic E-state index is 13.0. The summed E-state index contributed by atoms with van der Waals surface area (Å²) in [6.07, 6.45) is 0.857. The maximum atomic E-state index is 13.0. The van der Waals surface area contributed by atoms with Crippen LogP contribution in [0.4, 0.5) is 0 Å². The summed E-state index contributed by atoms with van der Waals surface area (Å²) in [4.78, 5) is 38.1. The molecule has 0 saturated carbocycles. The number of carbonyl (C=O) groups is 3. The smallest absolute Gasteiger partial charge is 0.243 e. The van der Waals surface area contributed by atoms with E-state index < -0.39 is 24.0 Å². The molecule has 0 heterocycles. The molecule has 8 heteroatoms. The Morgan fingerprint density at radius 2 is 1.55 bits per heavy atom. The van der Waals surface area contributed by atoms with Crippen LogP contribution < -0.4 is 21.7 Å². The number of rotatable bonds is 11. The van der Waals surface area contributed by atoms with Gasteiger partial charge in [0.15, 0.2) is 0 Å². The summed E-state index contributed by atoms with van der Waals surface area (Å²) < 4.78 is 1.08. The van der Waals surface area contributed by atoms with Crippen LogP contribution in [-0.2, 0) is 27.3 Å². The molecule has 2 aromatic carbocycles. The number of amides is 3. The Morgan fingerprint density at radius 3 is 2.18 bits per heavy atom. The quantitative estimate of drug-likeness (QED) is 0.314. The van der Waals surface area contributed by atoms with Crippen LogP contribution in [0.5, 0.6) is 0 Å². The second kappa shape index (κ2) is 13.3. The number of hydrogen-bond acceptors (Lipinski definition) is 4. The lowest BCUT2D eigenvalue weighted by molar-refractivity contribution is -0.132. The average Bonchev–Trinajstić information content (AvgIpc) is 2.77. The first-order valence-electron chi connectivity index (χ1n) is 11.1. The minimum atomic E-state index is -0.822. The van der Waals surface area contributed by atoms with E-state index in [1.807, 2.05) is 68.4 Å². The molecule has 0 aliphatic heterocycles. The third kappa shape index (κ3) is 9.51. The van der Waals surface area contributed by atoms with E-state index in [-0.39, 0.29) is 17.7 Å². The van der Waals surface area contributed by atoms with E-state index in [4.69, 9.17) is 5.73 Å². The highest BCUT2D eigenvalue weighted by Gasteiger charge is 2.26. The molecular formula is C25H33IN4O3. The van der Waals surface area contributed by atoms with Crippen molar-refractivity contribution in [3.05, 3.63) is 69.3 Å². The predicted molar refractivity (Wildman–Crippen MR) is 138 cm³/mol. The second-order valence-corrected chi connectivity index (χ2v) is 9.81. The zero-order chi connectivity index (χ0) is 24.4. The van der Waals surface area contributed by atoms with Gasteiger partial charge in [-0.15, -0.1) is 0 Å². The molecule has 33 heavy (non-hydrogen) atoms. The van der Waals surface area contributed by atoms with Crippen LogP contribution in [-0.4, -0.2) is 35.8 Å². The van der Waals surface area contributed by atoms with Gasteiger partial charge in [-0.1, -0.05) is 56.3 Å². The fourth-order valence-corrected chi connectivity index (χ4v) is 3.92. The molecule has 178 valence electrons. The molecule has 0 unspecified atom stereocenters. The van der Waals surface area contributed by atoms with Crippen LogP contribution >= 0.6 is 22.6 Å². The highest BCUT2D eigenvalue weighted by molar-refractivity contribution is 14.1. The van der Waals surface area contributed by atoms with Gasteiger partial charge >= 0.3 is 0 Å². The number of nitrogens with two attached hydrogens (primary N) is 1. The van der Waals surface area contributed by atoms with E-state index in [0.717, 1.165) is 14.7 Å². The van der Waals surface area contributed by atoms with Gasteiger partial charge in [-0.05, 0) is 65.1 Å². The fourth-order valence-electron chi connectivity index (χ4n) is 3.32. The molecule has 0 radical (unpaired) electrons. The van der Waals surface area contributed by atoms with Gasteiger partial charge in [0.2, 0.25) is 17.7 Å². The minimum Gasteiger partial charge on any atom is -0.350 e. The van der Waals surface area contributed by atoms with Gasteiger partial charge in [0.1, 0.15) is 12.1 Å². The lowest BCUT2D eigenvalue weighted by Gasteiger charge is -2.22. The number of hydrogen-bond donors (Lipinski definition) is 4. The molecule has 0 aliphatic rings. The van der Waals surface area contributed by atoms with Gasteiger partial charge in [-0.3, -0.25) is 14.4 Å². The van der Waals surface area contributed by atoms with Crippen LogP contribution in [0, 0.1) is 9.49 Å². The Bertz CT molecular complexity index is 936. The van der Waals surface area contributed by atoms with Crippen molar-refractivity contribution in [1.29, 1.82) is 0 Å². The average molecular weight is 564 g/mol. The molecule has 2 rings (SSSR count). The monoisotopic (exact) mass is 564 g/mol. The van der Waals surface area contributed by atoms with Gasteiger partial charge in [0.25, 0.3) is 0 Å². The number of benzene rings is 2. The summed E-state index contributed by atoms with van der Waals surface area (Å²) in [5, 5.41) is 8.35. The Morgan fingerprint density at radius 1 is 0.879 bits per heavy atom. The van der Waals surface area contributed by atoms with Crippen molar-refractivity contribution in [3.63, 3.8) is 0 Å². The molecule has 5 N–H and O–H groups in total. The Kier molecular flexibility index (Phi) is 10.8. The lowest BCUT2D eigenvalue weighted by atomic mass is 10.0. The first-order valence-corrected chi connectivity index (χ1v) is 12.2. The van der Waals surface area contributed by atoms with Crippen molar-refractivity contribution in [2.24, 2.45) is 11.7 Å². The van der Waals surface area contributed by atoms with Gasteiger partial charge in [0, 0.05) is 16.5 Å². The normalized spacial score (nSPS) is 13.6. The molecule has 3 atom stereocenters. The SMILES string of the molecule is CC(C)C[C@H](N)C(=O)N[C@H](C)C(=O)N[C@@H](Cc1ccccc1)C(=O)NCc1cccc(I)c1. The molecule has 0 fully saturated rings. The van der Waals surface area contributed by atoms with Crippen LogP contribution in [0.2, 0.25) is 0 Å². The Balaban J connectivity index is 2.03. The van der Waals surface area contributed by atoms with Crippen molar-refractivity contribution >= 4 is 40.3 Å². The minimum absolute atomic E-state index is 0.265. The molecule has 0 saturated heterocycles. The third-order valence-electron chi connectivity index (χ3n) is 5.09. The van der Waals surface area contributed by atoms with Crippen LogP contribution in [0.3, 0.4) is 0 Å². The first kappa shape index (κ1) is 26.8. The van der Waals surface area contributed by atoms with E-state index >= 15 is 0 Å². The molecule has 0 bridgehead atoms. The summed E-state index contributed by atoms with van der Waals surface area (Å²) in [7, 11) is 0. The van der Waals surface area contributed by atoms with E-state index in [9.17, 15) is 14.4 Å². The van der Waals surface area contributed by atoms with Gasteiger partial charge in [-0.25, -0.2) is 0 Å². The third-order valence-corrected chi connectivity index (χ3v) is 5.76. The molecule has 0 spiro atoms. The number of nitrogens with one attached hydrogen (secondary N) is 3. The fraction of sp³-hybridized carbons (Fsp3) is 0.400. The van der Waals surface area contributed by atoms with Crippen molar-refractivity contribution in [2.75, 3.05) is 0 Å². The first-order chi connectivity index (χ1) is 15.7.